The van der Waals surface area contributed by atoms with Crippen molar-refractivity contribution in [2.24, 2.45) is 0 Å². The molecule has 1 aromatic heterocycles. The molecular formula is C24H25N3O2. The SMILES string of the molecule is CN(C(=O)c1cccc(C(=O)Nc2ccc(C(C)(C)C)cc2)n1)c1ccccc1. The topological polar surface area (TPSA) is 62.3 Å². The number of hydrogen-bond donors (Lipinski definition) is 1. The lowest BCUT2D eigenvalue weighted by atomic mass is 9.87. The van der Waals surface area contributed by atoms with E-state index in [0.29, 0.717) is 5.69 Å². The number of anilines is 2. The van der Waals surface area contributed by atoms with Gasteiger partial charge in [-0.3, -0.25) is 9.59 Å². The van der Waals surface area contributed by atoms with Crippen molar-refractivity contribution in [3.8, 4) is 0 Å². The van der Waals surface area contributed by atoms with Crippen molar-refractivity contribution in [2.75, 3.05) is 17.3 Å². The number of aromatic nitrogens is 1. The van der Waals surface area contributed by atoms with Gasteiger partial charge in [-0.25, -0.2) is 4.98 Å². The second kappa shape index (κ2) is 8.27. The molecule has 0 saturated carbocycles. The van der Waals surface area contributed by atoms with Gasteiger partial charge in [-0.1, -0.05) is 57.2 Å². The highest BCUT2D eigenvalue weighted by atomic mass is 16.2. The number of carbonyl (C=O) groups excluding carboxylic acids is 2. The zero-order chi connectivity index (χ0) is 21.0. The normalized spacial score (nSPS) is 11.0. The Morgan fingerprint density at radius 1 is 0.828 bits per heavy atom. The number of nitrogens with one attached hydrogen (secondary N) is 1. The maximum absolute atomic E-state index is 12.7. The van der Waals surface area contributed by atoms with E-state index in [9.17, 15) is 9.59 Å². The van der Waals surface area contributed by atoms with Crippen LogP contribution < -0.4 is 10.2 Å². The van der Waals surface area contributed by atoms with E-state index in [-0.39, 0.29) is 28.6 Å². The quantitative estimate of drug-likeness (QED) is 0.692. The highest BCUT2D eigenvalue weighted by molar-refractivity contribution is 6.07. The Balaban J connectivity index is 1.75. The van der Waals surface area contributed by atoms with Gasteiger partial charge in [0, 0.05) is 18.4 Å². The number of para-hydroxylation sites is 1. The predicted octanol–water partition coefficient (Wildman–Crippen LogP) is 4.91. The number of amides is 2. The van der Waals surface area contributed by atoms with Crippen LogP contribution in [0.3, 0.4) is 0 Å². The van der Waals surface area contributed by atoms with Gasteiger partial charge in [-0.2, -0.15) is 0 Å². The standard InChI is InChI=1S/C24H25N3O2/c1-24(2,3)17-13-15-18(16-14-17)25-22(28)20-11-8-12-21(26-20)23(29)27(4)19-9-6-5-7-10-19/h5-16H,1-4H3,(H,25,28). The fourth-order valence-corrected chi connectivity index (χ4v) is 2.87. The van der Waals surface area contributed by atoms with Gasteiger partial charge in [0.15, 0.2) is 0 Å². The first-order valence-corrected chi connectivity index (χ1v) is 9.48. The minimum Gasteiger partial charge on any atom is -0.321 e. The van der Waals surface area contributed by atoms with Crippen molar-refractivity contribution in [1.29, 1.82) is 0 Å². The Hall–Kier alpha value is -3.47. The summed E-state index contributed by atoms with van der Waals surface area (Å²) in [5, 5.41) is 2.84. The molecular weight excluding hydrogens is 362 g/mol. The third-order valence-corrected chi connectivity index (χ3v) is 4.66. The molecule has 3 rings (SSSR count). The van der Waals surface area contributed by atoms with E-state index < -0.39 is 0 Å². The van der Waals surface area contributed by atoms with Gasteiger partial charge in [0.1, 0.15) is 11.4 Å². The number of rotatable bonds is 4. The first-order chi connectivity index (χ1) is 13.8. The molecule has 1 N–H and O–H groups in total. The molecule has 0 radical (unpaired) electrons. The minimum atomic E-state index is -0.356. The van der Waals surface area contributed by atoms with Gasteiger partial charge in [0.25, 0.3) is 11.8 Å². The number of nitrogens with zero attached hydrogens (tertiary/aromatic N) is 2. The molecule has 29 heavy (non-hydrogen) atoms. The van der Waals surface area contributed by atoms with E-state index in [1.54, 1.807) is 25.2 Å². The van der Waals surface area contributed by atoms with Crippen LogP contribution >= 0.6 is 0 Å². The number of pyridine rings is 1. The van der Waals surface area contributed by atoms with Gasteiger partial charge in [-0.05, 0) is 47.4 Å². The number of hydrogen-bond acceptors (Lipinski definition) is 3. The largest absolute Gasteiger partial charge is 0.321 e. The molecule has 2 amide bonds. The fraction of sp³-hybridized carbons (Fsp3) is 0.208. The lowest BCUT2D eigenvalue weighted by molar-refractivity contribution is 0.0988. The number of benzene rings is 2. The van der Waals surface area contributed by atoms with Crippen LogP contribution in [-0.4, -0.2) is 23.8 Å². The van der Waals surface area contributed by atoms with Crippen molar-refractivity contribution in [3.63, 3.8) is 0 Å². The maximum Gasteiger partial charge on any atom is 0.276 e. The molecule has 3 aromatic rings. The summed E-state index contributed by atoms with van der Waals surface area (Å²) >= 11 is 0. The summed E-state index contributed by atoms with van der Waals surface area (Å²) in [6.07, 6.45) is 0. The number of carbonyl (C=O) groups is 2. The summed E-state index contributed by atoms with van der Waals surface area (Å²) in [4.78, 5) is 31.1. The molecule has 2 aromatic carbocycles. The third-order valence-electron chi connectivity index (χ3n) is 4.66. The van der Waals surface area contributed by atoms with Crippen LogP contribution in [0.1, 0.15) is 47.3 Å². The molecule has 0 bridgehead atoms. The van der Waals surface area contributed by atoms with Crippen molar-refractivity contribution in [2.45, 2.75) is 26.2 Å². The van der Waals surface area contributed by atoms with Gasteiger partial charge in [0.05, 0.1) is 0 Å². The van der Waals surface area contributed by atoms with Crippen LogP contribution in [-0.2, 0) is 5.41 Å². The lowest BCUT2D eigenvalue weighted by Gasteiger charge is -2.19. The first-order valence-electron chi connectivity index (χ1n) is 9.48. The molecule has 0 fully saturated rings. The van der Waals surface area contributed by atoms with Crippen molar-refractivity contribution >= 4 is 23.2 Å². The van der Waals surface area contributed by atoms with Gasteiger partial charge >= 0.3 is 0 Å². The summed E-state index contributed by atoms with van der Waals surface area (Å²) in [6.45, 7) is 6.42. The molecule has 0 saturated heterocycles. The van der Waals surface area contributed by atoms with Crippen LogP contribution in [0.2, 0.25) is 0 Å². The van der Waals surface area contributed by atoms with E-state index in [4.69, 9.17) is 0 Å². The average molecular weight is 387 g/mol. The average Bonchev–Trinajstić information content (AvgIpc) is 2.73. The van der Waals surface area contributed by atoms with E-state index in [0.717, 1.165) is 5.69 Å². The van der Waals surface area contributed by atoms with E-state index in [1.165, 1.54) is 10.5 Å². The van der Waals surface area contributed by atoms with Crippen molar-refractivity contribution < 1.29 is 9.59 Å². The summed E-state index contributed by atoms with van der Waals surface area (Å²) in [7, 11) is 1.68. The van der Waals surface area contributed by atoms with Crippen LogP contribution in [0.4, 0.5) is 11.4 Å². The highest BCUT2D eigenvalue weighted by Crippen LogP contribution is 2.23. The van der Waals surface area contributed by atoms with Crippen LogP contribution in [0.25, 0.3) is 0 Å². The predicted molar refractivity (Wildman–Crippen MR) is 117 cm³/mol. The molecule has 0 unspecified atom stereocenters. The Morgan fingerprint density at radius 3 is 2.07 bits per heavy atom. The fourth-order valence-electron chi connectivity index (χ4n) is 2.87. The van der Waals surface area contributed by atoms with E-state index in [1.807, 2.05) is 54.6 Å². The second-order valence-electron chi connectivity index (χ2n) is 7.89. The molecule has 5 heteroatoms. The summed E-state index contributed by atoms with van der Waals surface area (Å²) in [5.41, 5.74) is 3.08. The van der Waals surface area contributed by atoms with Crippen LogP contribution in [0, 0.1) is 0 Å². The van der Waals surface area contributed by atoms with E-state index in [2.05, 4.69) is 31.1 Å². The molecule has 0 spiro atoms. The molecule has 1 heterocycles. The van der Waals surface area contributed by atoms with Crippen LogP contribution in [0.15, 0.2) is 72.8 Å². The summed E-state index contributed by atoms with van der Waals surface area (Å²) in [6, 6.07) is 21.9. The van der Waals surface area contributed by atoms with Gasteiger partial charge in [-0.15, -0.1) is 0 Å². The molecule has 0 aliphatic rings. The Kier molecular flexibility index (Phi) is 5.78. The summed E-state index contributed by atoms with van der Waals surface area (Å²) in [5.74, 6) is -0.633. The Bertz CT molecular complexity index is 1010. The van der Waals surface area contributed by atoms with Crippen molar-refractivity contribution in [1.82, 2.24) is 4.98 Å². The third kappa shape index (κ3) is 4.88. The zero-order valence-electron chi connectivity index (χ0n) is 17.1. The Labute approximate surface area is 171 Å². The smallest absolute Gasteiger partial charge is 0.276 e. The molecule has 0 atom stereocenters. The monoisotopic (exact) mass is 387 g/mol. The minimum absolute atomic E-state index is 0.0452. The molecule has 0 aliphatic heterocycles. The molecule has 148 valence electrons. The highest BCUT2D eigenvalue weighted by Gasteiger charge is 2.17. The maximum atomic E-state index is 12.7. The van der Waals surface area contributed by atoms with Crippen LogP contribution in [0.5, 0.6) is 0 Å². The van der Waals surface area contributed by atoms with Gasteiger partial charge in [0.2, 0.25) is 0 Å². The first kappa shape index (κ1) is 20.3. The summed E-state index contributed by atoms with van der Waals surface area (Å²) < 4.78 is 0. The van der Waals surface area contributed by atoms with E-state index >= 15 is 0 Å². The molecule has 0 aliphatic carbocycles. The van der Waals surface area contributed by atoms with Gasteiger partial charge < -0.3 is 10.2 Å². The second-order valence-corrected chi connectivity index (χ2v) is 7.89. The Morgan fingerprint density at radius 2 is 1.45 bits per heavy atom. The zero-order valence-corrected chi connectivity index (χ0v) is 17.1. The van der Waals surface area contributed by atoms with Crippen molar-refractivity contribution in [3.05, 3.63) is 89.7 Å². The molecule has 5 nitrogen and oxygen atoms in total. The lowest BCUT2D eigenvalue weighted by Crippen LogP contribution is -2.27.